The molecular formula is C12H11NO4S. The van der Waals surface area contributed by atoms with Crippen molar-refractivity contribution in [3.63, 3.8) is 0 Å². The summed E-state index contributed by atoms with van der Waals surface area (Å²) in [6.45, 7) is 0. The molecule has 18 heavy (non-hydrogen) atoms. The van der Waals surface area contributed by atoms with Crippen molar-refractivity contribution >= 4 is 29.4 Å². The van der Waals surface area contributed by atoms with Crippen LogP contribution in [0.2, 0.25) is 0 Å². The highest BCUT2D eigenvalue weighted by atomic mass is 32.2. The second-order valence-electron chi connectivity index (χ2n) is 3.41. The first kappa shape index (κ1) is 12.5. The molecule has 0 saturated heterocycles. The fourth-order valence-corrected chi connectivity index (χ4v) is 2.49. The maximum Gasteiger partial charge on any atom is 0.355 e. The standard InChI is InChI=1S/C12H11NO4S/c1-16-11(14)9-10(12(15)17-2)18-8-6-4-3-5-7(8)13-9/h3-6,13H,1-2H3. The topological polar surface area (TPSA) is 64.6 Å². The maximum absolute atomic E-state index is 11.7. The predicted octanol–water partition coefficient (Wildman–Crippen LogP) is 1.76. The van der Waals surface area contributed by atoms with Crippen molar-refractivity contribution in [2.24, 2.45) is 0 Å². The summed E-state index contributed by atoms with van der Waals surface area (Å²) in [6.07, 6.45) is 0. The molecule has 0 saturated carbocycles. The quantitative estimate of drug-likeness (QED) is 0.822. The van der Waals surface area contributed by atoms with Gasteiger partial charge in [-0.3, -0.25) is 0 Å². The van der Waals surface area contributed by atoms with Gasteiger partial charge in [-0.05, 0) is 12.1 Å². The Morgan fingerprint density at radius 3 is 2.44 bits per heavy atom. The second kappa shape index (κ2) is 5.14. The van der Waals surface area contributed by atoms with Crippen LogP contribution < -0.4 is 5.32 Å². The smallest absolute Gasteiger partial charge is 0.355 e. The van der Waals surface area contributed by atoms with E-state index >= 15 is 0 Å². The molecule has 0 unspecified atom stereocenters. The highest BCUT2D eigenvalue weighted by molar-refractivity contribution is 8.04. The number of carbonyl (C=O) groups excluding carboxylic acids is 2. The molecule has 0 atom stereocenters. The molecule has 0 fully saturated rings. The van der Waals surface area contributed by atoms with Gasteiger partial charge in [0.05, 0.1) is 19.9 Å². The van der Waals surface area contributed by atoms with Gasteiger partial charge in [-0.25, -0.2) is 9.59 Å². The van der Waals surface area contributed by atoms with Gasteiger partial charge in [0.2, 0.25) is 0 Å². The Bertz CT molecular complexity index is 492. The van der Waals surface area contributed by atoms with Crippen LogP contribution in [-0.4, -0.2) is 26.2 Å². The van der Waals surface area contributed by atoms with Crippen molar-refractivity contribution in [2.75, 3.05) is 19.5 Å². The van der Waals surface area contributed by atoms with Crippen LogP contribution in [0, 0.1) is 0 Å². The zero-order chi connectivity index (χ0) is 13.1. The fraction of sp³-hybridized carbons (Fsp3) is 0.167. The molecule has 0 aliphatic carbocycles. The lowest BCUT2D eigenvalue weighted by Crippen LogP contribution is -2.21. The van der Waals surface area contributed by atoms with Crippen molar-refractivity contribution in [2.45, 2.75) is 4.90 Å². The Labute approximate surface area is 108 Å². The molecule has 0 amide bonds. The van der Waals surface area contributed by atoms with E-state index in [0.717, 1.165) is 10.6 Å². The van der Waals surface area contributed by atoms with Crippen molar-refractivity contribution < 1.29 is 19.1 Å². The molecule has 0 spiro atoms. The van der Waals surface area contributed by atoms with Crippen LogP contribution in [0.5, 0.6) is 0 Å². The molecule has 1 aromatic rings. The average Bonchev–Trinajstić information content (AvgIpc) is 2.44. The fourth-order valence-electron chi connectivity index (χ4n) is 1.49. The van der Waals surface area contributed by atoms with E-state index in [1.165, 1.54) is 26.0 Å². The van der Waals surface area contributed by atoms with Gasteiger partial charge in [-0.1, -0.05) is 23.9 Å². The van der Waals surface area contributed by atoms with E-state index in [1.54, 1.807) is 0 Å². The highest BCUT2D eigenvalue weighted by Crippen LogP contribution is 2.40. The van der Waals surface area contributed by atoms with Crippen molar-refractivity contribution in [1.82, 2.24) is 0 Å². The number of ether oxygens (including phenoxy) is 2. The zero-order valence-corrected chi connectivity index (χ0v) is 10.7. The number of hydrogen-bond donors (Lipinski definition) is 1. The first-order chi connectivity index (χ1) is 8.67. The summed E-state index contributed by atoms with van der Waals surface area (Å²) >= 11 is 1.18. The molecular weight excluding hydrogens is 254 g/mol. The van der Waals surface area contributed by atoms with Gasteiger partial charge in [-0.2, -0.15) is 0 Å². The Morgan fingerprint density at radius 2 is 1.78 bits per heavy atom. The van der Waals surface area contributed by atoms with Crippen molar-refractivity contribution in [3.8, 4) is 0 Å². The number of carbonyl (C=O) groups is 2. The van der Waals surface area contributed by atoms with Crippen LogP contribution in [0.3, 0.4) is 0 Å². The summed E-state index contributed by atoms with van der Waals surface area (Å²) < 4.78 is 9.31. The van der Waals surface area contributed by atoms with Crippen LogP contribution in [0.25, 0.3) is 0 Å². The van der Waals surface area contributed by atoms with Crippen LogP contribution in [0.1, 0.15) is 0 Å². The summed E-state index contributed by atoms with van der Waals surface area (Å²) in [4.78, 5) is 24.4. The number of thioether (sulfide) groups is 1. The molecule has 1 N–H and O–H groups in total. The van der Waals surface area contributed by atoms with Crippen LogP contribution in [0.4, 0.5) is 5.69 Å². The zero-order valence-electron chi connectivity index (χ0n) is 9.85. The Kier molecular flexibility index (Phi) is 3.57. The summed E-state index contributed by atoms with van der Waals surface area (Å²) in [6, 6.07) is 7.36. The lowest BCUT2D eigenvalue weighted by molar-refractivity contribution is -0.138. The number of rotatable bonds is 2. The molecule has 94 valence electrons. The van der Waals surface area contributed by atoms with Gasteiger partial charge < -0.3 is 14.8 Å². The third-order valence-electron chi connectivity index (χ3n) is 2.35. The average molecular weight is 265 g/mol. The first-order valence-corrected chi connectivity index (χ1v) is 5.94. The monoisotopic (exact) mass is 265 g/mol. The van der Waals surface area contributed by atoms with Gasteiger partial charge in [0.15, 0.2) is 0 Å². The molecule has 1 aliphatic rings. The Hall–Kier alpha value is -1.95. The Balaban J connectivity index is 2.45. The van der Waals surface area contributed by atoms with Crippen molar-refractivity contribution in [3.05, 3.63) is 34.9 Å². The first-order valence-electron chi connectivity index (χ1n) is 5.12. The van der Waals surface area contributed by atoms with Gasteiger partial charge in [0.1, 0.15) is 10.6 Å². The number of anilines is 1. The number of nitrogens with one attached hydrogen (secondary N) is 1. The molecule has 1 aliphatic heterocycles. The Morgan fingerprint density at radius 1 is 1.11 bits per heavy atom. The molecule has 0 aromatic heterocycles. The summed E-state index contributed by atoms with van der Waals surface area (Å²) in [7, 11) is 2.53. The van der Waals surface area contributed by atoms with E-state index in [9.17, 15) is 9.59 Å². The van der Waals surface area contributed by atoms with Gasteiger partial charge in [0.25, 0.3) is 0 Å². The maximum atomic E-state index is 11.7. The number of esters is 2. The molecule has 5 nitrogen and oxygen atoms in total. The third-order valence-corrected chi connectivity index (χ3v) is 3.50. The van der Waals surface area contributed by atoms with E-state index in [4.69, 9.17) is 0 Å². The normalized spacial score (nSPS) is 13.4. The minimum absolute atomic E-state index is 0.105. The number of benzene rings is 1. The van der Waals surface area contributed by atoms with Crippen LogP contribution in [0.15, 0.2) is 39.8 Å². The number of methoxy groups -OCH3 is 2. The van der Waals surface area contributed by atoms with Crippen LogP contribution >= 0.6 is 11.8 Å². The van der Waals surface area contributed by atoms with E-state index in [0.29, 0.717) is 0 Å². The molecule has 0 radical (unpaired) electrons. The molecule has 1 heterocycles. The summed E-state index contributed by atoms with van der Waals surface area (Å²) in [5, 5.41) is 2.90. The van der Waals surface area contributed by atoms with Crippen molar-refractivity contribution in [1.29, 1.82) is 0 Å². The van der Waals surface area contributed by atoms with E-state index in [1.807, 2.05) is 24.3 Å². The highest BCUT2D eigenvalue weighted by Gasteiger charge is 2.28. The molecule has 0 bridgehead atoms. The minimum Gasteiger partial charge on any atom is -0.465 e. The van der Waals surface area contributed by atoms with E-state index in [2.05, 4.69) is 14.8 Å². The van der Waals surface area contributed by atoms with Gasteiger partial charge in [0, 0.05) is 4.90 Å². The summed E-state index contributed by atoms with van der Waals surface area (Å²) in [5.74, 6) is -1.17. The van der Waals surface area contributed by atoms with E-state index < -0.39 is 11.9 Å². The number of fused-ring (bicyclic) bond motifs is 1. The second-order valence-corrected chi connectivity index (χ2v) is 4.46. The lowest BCUT2D eigenvalue weighted by atomic mass is 10.3. The lowest BCUT2D eigenvalue weighted by Gasteiger charge is -2.21. The molecule has 1 aromatic carbocycles. The molecule has 2 rings (SSSR count). The van der Waals surface area contributed by atoms with E-state index in [-0.39, 0.29) is 10.6 Å². The number of para-hydroxylation sites is 1. The van der Waals surface area contributed by atoms with Crippen LogP contribution in [-0.2, 0) is 19.1 Å². The van der Waals surface area contributed by atoms with Gasteiger partial charge in [-0.15, -0.1) is 0 Å². The number of hydrogen-bond acceptors (Lipinski definition) is 6. The SMILES string of the molecule is COC(=O)C1=C(C(=O)OC)Sc2ccccc2N1. The summed E-state index contributed by atoms with van der Waals surface area (Å²) in [5.41, 5.74) is 0.864. The third kappa shape index (κ3) is 2.19. The minimum atomic E-state index is -0.600. The largest absolute Gasteiger partial charge is 0.465 e. The molecule has 6 heteroatoms. The predicted molar refractivity (Wildman–Crippen MR) is 67.0 cm³/mol. The van der Waals surface area contributed by atoms with Gasteiger partial charge >= 0.3 is 11.9 Å².